The quantitative estimate of drug-likeness (QED) is 0.932. The molecule has 1 saturated heterocycles. The number of methoxy groups -OCH3 is 1. The summed E-state index contributed by atoms with van der Waals surface area (Å²) < 4.78 is 7.14. The van der Waals surface area contributed by atoms with Crippen molar-refractivity contribution in [3.63, 3.8) is 0 Å². The third-order valence-corrected chi connectivity index (χ3v) is 3.95. The van der Waals surface area contributed by atoms with Crippen molar-refractivity contribution in [1.82, 2.24) is 9.78 Å². The molecular weight excluding hydrogens is 264 g/mol. The van der Waals surface area contributed by atoms with Gasteiger partial charge >= 0.3 is 0 Å². The molecule has 5 heteroatoms. The average molecular weight is 286 g/mol. The lowest BCUT2D eigenvalue weighted by atomic mass is 10.1. The second-order valence-corrected chi connectivity index (χ2v) is 5.59. The van der Waals surface area contributed by atoms with Gasteiger partial charge in [-0.25, -0.2) is 0 Å². The molecule has 0 saturated carbocycles. The normalized spacial score (nSPS) is 18.8. The van der Waals surface area contributed by atoms with Crippen molar-refractivity contribution in [1.29, 1.82) is 0 Å². The molecule has 2 N–H and O–H groups in total. The molecule has 0 radical (unpaired) electrons. The minimum Gasteiger partial charge on any atom is -0.497 e. The van der Waals surface area contributed by atoms with Gasteiger partial charge < -0.3 is 15.4 Å². The summed E-state index contributed by atoms with van der Waals surface area (Å²) >= 11 is 0. The van der Waals surface area contributed by atoms with Gasteiger partial charge in [0.25, 0.3) is 0 Å². The van der Waals surface area contributed by atoms with E-state index in [2.05, 4.69) is 28.3 Å². The molecule has 1 aliphatic heterocycles. The van der Waals surface area contributed by atoms with Gasteiger partial charge in [0.1, 0.15) is 5.75 Å². The fraction of sp³-hybridized carbons (Fsp3) is 0.438. The zero-order valence-electron chi connectivity index (χ0n) is 12.4. The maximum atomic E-state index is 6.04. The van der Waals surface area contributed by atoms with Crippen molar-refractivity contribution in [2.75, 3.05) is 25.1 Å². The van der Waals surface area contributed by atoms with Crippen molar-refractivity contribution < 1.29 is 4.74 Å². The van der Waals surface area contributed by atoms with Crippen molar-refractivity contribution >= 4 is 5.69 Å². The number of rotatable bonds is 4. The van der Waals surface area contributed by atoms with Gasteiger partial charge in [-0.2, -0.15) is 5.10 Å². The van der Waals surface area contributed by atoms with Crippen molar-refractivity contribution in [2.24, 2.45) is 5.73 Å². The maximum Gasteiger partial charge on any atom is 0.118 e. The van der Waals surface area contributed by atoms with E-state index in [1.807, 2.05) is 23.0 Å². The number of hydrogen-bond acceptors (Lipinski definition) is 4. The Morgan fingerprint density at radius 1 is 1.33 bits per heavy atom. The predicted molar refractivity (Wildman–Crippen MR) is 83.7 cm³/mol. The first-order chi connectivity index (χ1) is 10.2. The van der Waals surface area contributed by atoms with E-state index in [1.54, 1.807) is 7.11 Å². The van der Waals surface area contributed by atoms with Crippen LogP contribution < -0.4 is 15.4 Å². The van der Waals surface area contributed by atoms with Gasteiger partial charge in [0.2, 0.25) is 0 Å². The summed E-state index contributed by atoms with van der Waals surface area (Å²) in [5, 5.41) is 4.46. The number of anilines is 1. The summed E-state index contributed by atoms with van der Waals surface area (Å²) in [6, 6.07) is 8.37. The van der Waals surface area contributed by atoms with Crippen LogP contribution >= 0.6 is 0 Å². The van der Waals surface area contributed by atoms with Crippen molar-refractivity contribution in [3.05, 3.63) is 42.2 Å². The topological polar surface area (TPSA) is 56.3 Å². The van der Waals surface area contributed by atoms with Crippen LogP contribution in [0.5, 0.6) is 5.75 Å². The van der Waals surface area contributed by atoms with Gasteiger partial charge in [0.15, 0.2) is 0 Å². The number of aromatic nitrogens is 2. The highest BCUT2D eigenvalue weighted by molar-refractivity contribution is 5.43. The summed E-state index contributed by atoms with van der Waals surface area (Å²) in [4.78, 5) is 2.33. The summed E-state index contributed by atoms with van der Waals surface area (Å²) in [6.07, 6.45) is 6.31. The Morgan fingerprint density at radius 3 is 2.86 bits per heavy atom. The number of hydrogen-bond donors (Lipinski definition) is 1. The minimum absolute atomic E-state index is 0.281. The lowest BCUT2D eigenvalue weighted by Crippen LogP contribution is -2.42. The molecule has 1 atom stereocenters. The Balaban J connectivity index is 1.66. The molecule has 0 bridgehead atoms. The SMILES string of the molecule is COc1ccc(Cn2cc(N3CCC[C@@H](N)C3)cn2)cc1. The van der Waals surface area contributed by atoms with Gasteiger partial charge in [-0.15, -0.1) is 0 Å². The molecule has 1 aliphatic rings. The molecule has 1 fully saturated rings. The highest BCUT2D eigenvalue weighted by Crippen LogP contribution is 2.19. The summed E-state index contributed by atoms with van der Waals surface area (Å²) in [5.41, 5.74) is 8.41. The van der Waals surface area contributed by atoms with E-state index in [4.69, 9.17) is 10.5 Å². The van der Waals surface area contributed by atoms with E-state index in [0.29, 0.717) is 0 Å². The van der Waals surface area contributed by atoms with Crippen molar-refractivity contribution in [3.8, 4) is 5.75 Å². The highest BCUT2D eigenvalue weighted by atomic mass is 16.5. The smallest absolute Gasteiger partial charge is 0.118 e. The molecule has 0 amide bonds. The number of ether oxygens (including phenoxy) is 1. The fourth-order valence-electron chi connectivity index (χ4n) is 2.76. The van der Waals surface area contributed by atoms with Crippen LogP contribution in [0, 0.1) is 0 Å². The van der Waals surface area contributed by atoms with Crippen LogP contribution in [-0.2, 0) is 6.54 Å². The van der Waals surface area contributed by atoms with Crippen LogP contribution in [0.2, 0.25) is 0 Å². The molecule has 3 rings (SSSR count). The van der Waals surface area contributed by atoms with Gasteiger partial charge in [-0.3, -0.25) is 4.68 Å². The van der Waals surface area contributed by atoms with Gasteiger partial charge in [0.05, 0.1) is 25.5 Å². The number of benzene rings is 1. The lowest BCUT2D eigenvalue weighted by molar-refractivity contribution is 0.414. The molecule has 0 spiro atoms. The highest BCUT2D eigenvalue weighted by Gasteiger charge is 2.18. The maximum absolute atomic E-state index is 6.04. The van der Waals surface area contributed by atoms with Gasteiger partial charge in [0, 0.05) is 25.3 Å². The number of nitrogens with two attached hydrogens (primary N) is 1. The first kappa shape index (κ1) is 13.9. The predicted octanol–water partition coefficient (Wildman–Crippen LogP) is 1.87. The summed E-state index contributed by atoms with van der Waals surface area (Å²) in [6.45, 7) is 2.76. The van der Waals surface area contributed by atoms with Crippen molar-refractivity contribution in [2.45, 2.75) is 25.4 Å². The molecular formula is C16H22N4O. The third-order valence-electron chi connectivity index (χ3n) is 3.95. The van der Waals surface area contributed by atoms with Crippen LogP contribution in [0.25, 0.3) is 0 Å². The molecule has 1 aromatic heterocycles. The summed E-state index contributed by atoms with van der Waals surface area (Å²) in [7, 11) is 1.68. The van der Waals surface area contributed by atoms with Crippen LogP contribution in [-0.4, -0.2) is 36.0 Å². The second-order valence-electron chi connectivity index (χ2n) is 5.59. The molecule has 2 aromatic rings. The second kappa shape index (κ2) is 6.18. The Hall–Kier alpha value is -2.01. The number of nitrogens with zero attached hydrogens (tertiary/aromatic N) is 3. The van der Waals surface area contributed by atoms with E-state index in [1.165, 1.54) is 11.3 Å². The Labute approximate surface area is 125 Å². The molecule has 5 nitrogen and oxygen atoms in total. The first-order valence-corrected chi connectivity index (χ1v) is 7.40. The largest absolute Gasteiger partial charge is 0.497 e. The molecule has 2 heterocycles. The summed E-state index contributed by atoms with van der Waals surface area (Å²) in [5.74, 6) is 0.877. The van der Waals surface area contributed by atoms with E-state index in [9.17, 15) is 0 Å². The monoisotopic (exact) mass is 286 g/mol. The molecule has 112 valence electrons. The van der Waals surface area contributed by atoms with Gasteiger partial charge in [-0.05, 0) is 30.5 Å². The zero-order chi connectivity index (χ0) is 14.7. The Kier molecular flexibility index (Phi) is 4.10. The van der Waals surface area contributed by atoms with E-state index < -0.39 is 0 Å². The molecule has 21 heavy (non-hydrogen) atoms. The first-order valence-electron chi connectivity index (χ1n) is 7.40. The minimum atomic E-state index is 0.281. The van der Waals surface area contributed by atoms with Crippen LogP contribution in [0.3, 0.4) is 0 Å². The van der Waals surface area contributed by atoms with Gasteiger partial charge in [-0.1, -0.05) is 12.1 Å². The fourth-order valence-corrected chi connectivity index (χ4v) is 2.76. The van der Waals surface area contributed by atoms with Crippen LogP contribution in [0.15, 0.2) is 36.7 Å². The van der Waals surface area contributed by atoms with E-state index in [-0.39, 0.29) is 6.04 Å². The standard InChI is InChI=1S/C16H22N4O/c1-21-16-6-4-13(5-7-16)10-20-12-15(9-18-20)19-8-2-3-14(17)11-19/h4-7,9,12,14H,2-3,8,10-11,17H2,1H3/t14-/m1/s1. The van der Waals surface area contributed by atoms with Crippen LogP contribution in [0.1, 0.15) is 18.4 Å². The molecule has 1 aromatic carbocycles. The zero-order valence-corrected chi connectivity index (χ0v) is 12.4. The number of piperidine rings is 1. The third kappa shape index (κ3) is 3.36. The Bertz CT molecular complexity index is 578. The Morgan fingerprint density at radius 2 is 2.14 bits per heavy atom. The molecule has 0 unspecified atom stereocenters. The van der Waals surface area contributed by atoms with Crippen LogP contribution in [0.4, 0.5) is 5.69 Å². The average Bonchev–Trinajstić information content (AvgIpc) is 2.97. The van der Waals surface area contributed by atoms with E-state index >= 15 is 0 Å². The molecule has 0 aliphatic carbocycles. The van der Waals surface area contributed by atoms with E-state index in [0.717, 1.165) is 38.2 Å². The lowest BCUT2D eigenvalue weighted by Gasteiger charge is -2.31.